The number of pyridine rings is 1. The molecular formula is C21H16FN3OS. The topological polar surface area (TPSA) is 58.6 Å². The SMILES string of the molecule is CC1=CC(=S=O)C(c2nc(-c3ccc(F)cc3)c(-c3ccncc3)[nH]2)C=C1. The van der Waals surface area contributed by atoms with Crippen LogP contribution < -0.4 is 0 Å². The molecule has 0 radical (unpaired) electrons. The highest BCUT2D eigenvalue weighted by Gasteiger charge is 2.23. The van der Waals surface area contributed by atoms with Crippen molar-refractivity contribution < 1.29 is 8.60 Å². The van der Waals surface area contributed by atoms with E-state index in [0.717, 1.165) is 22.4 Å². The Morgan fingerprint density at radius 2 is 1.81 bits per heavy atom. The molecule has 0 saturated carbocycles. The van der Waals surface area contributed by atoms with Gasteiger partial charge in [-0.25, -0.2) is 13.6 Å². The number of imidazole rings is 1. The lowest BCUT2D eigenvalue weighted by Crippen LogP contribution is -2.13. The molecule has 4 nitrogen and oxygen atoms in total. The van der Waals surface area contributed by atoms with Gasteiger partial charge in [0.25, 0.3) is 0 Å². The van der Waals surface area contributed by atoms with E-state index in [1.165, 1.54) is 12.1 Å². The minimum absolute atomic E-state index is 0.231. The second-order valence-corrected chi connectivity index (χ2v) is 6.94. The van der Waals surface area contributed by atoms with E-state index in [1.807, 2.05) is 37.3 Å². The van der Waals surface area contributed by atoms with Gasteiger partial charge in [-0.1, -0.05) is 17.7 Å². The van der Waals surface area contributed by atoms with Gasteiger partial charge in [0, 0.05) is 23.5 Å². The van der Waals surface area contributed by atoms with Crippen LogP contribution in [-0.2, 0) is 11.3 Å². The summed E-state index contributed by atoms with van der Waals surface area (Å²) in [4.78, 5) is 12.9. The van der Waals surface area contributed by atoms with Crippen LogP contribution in [-0.4, -0.2) is 24.0 Å². The van der Waals surface area contributed by atoms with E-state index in [4.69, 9.17) is 4.98 Å². The molecule has 1 aliphatic carbocycles. The number of H-pyrrole nitrogens is 1. The summed E-state index contributed by atoms with van der Waals surface area (Å²) in [5.74, 6) is 0.152. The third-order valence-corrected chi connectivity index (χ3v) is 4.99. The minimum Gasteiger partial charge on any atom is -0.341 e. The van der Waals surface area contributed by atoms with E-state index >= 15 is 0 Å². The largest absolute Gasteiger partial charge is 0.341 e. The number of nitrogens with one attached hydrogen (secondary N) is 1. The quantitative estimate of drug-likeness (QED) is 0.694. The molecule has 27 heavy (non-hydrogen) atoms. The van der Waals surface area contributed by atoms with Gasteiger partial charge in [-0.15, -0.1) is 0 Å². The first-order chi connectivity index (χ1) is 13.2. The molecule has 6 heteroatoms. The van der Waals surface area contributed by atoms with Crippen LogP contribution in [0.3, 0.4) is 0 Å². The maximum atomic E-state index is 13.4. The van der Waals surface area contributed by atoms with Gasteiger partial charge in [0.05, 0.1) is 33.4 Å². The molecule has 0 fully saturated rings. The summed E-state index contributed by atoms with van der Waals surface area (Å²) in [6, 6.07) is 10.0. The molecule has 3 aromatic rings. The van der Waals surface area contributed by atoms with Crippen LogP contribution >= 0.6 is 0 Å². The smallest absolute Gasteiger partial charge is 0.123 e. The van der Waals surface area contributed by atoms with Crippen molar-refractivity contribution in [2.75, 3.05) is 0 Å². The Hall–Kier alpha value is -3.12. The average Bonchev–Trinajstić information content (AvgIpc) is 3.14. The zero-order valence-electron chi connectivity index (χ0n) is 14.5. The third kappa shape index (κ3) is 3.44. The molecule has 134 valence electrons. The summed E-state index contributed by atoms with van der Waals surface area (Å²) < 4.78 is 25.0. The van der Waals surface area contributed by atoms with E-state index in [-0.39, 0.29) is 11.7 Å². The first-order valence-electron chi connectivity index (χ1n) is 8.45. The third-order valence-electron chi connectivity index (χ3n) is 4.43. The maximum absolute atomic E-state index is 13.4. The van der Waals surface area contributed by atoms with Crippen LogP contribution in [0.1, 0.15) is 18.7 Å². The van der Waals surface area contributed by atoms with Gasteiger partial charge in [0.15, 0.2) is 0 Å². The predicted octanol–water partition coefficient (Wildman–Crippen LogP) is 4.26. The second kappa shape index (κ2) is 7.25. The molecular weight excluding hydrogens is 361 g/mol. The molecule has 2 aromatic heterocycles. The highest BCUT2D eigenvalue weighted by atomic mass is 32.1. The van der Waals surface area contributed by atoms with E-state index in [2.05, 4.69) is 9.97 Å². The Bertz CT molecular complexity index is 1090. The zero-order chi connectivity index (χ0) is 18.8. The second-order valence-electron chi connectivity index (χ2n) is 6.30. The Morgan fingerprint density at radius 1 is 1.07 bits per heavy atom. The highest BCUT2D eigenvalue weighted by Crippen LogP contribution is 2.33. The Kier molecular flexibility index (Phi) is 4.64. The number of halogens is 1. The standard InChI is InChI=1S/C21H16FN3OS/c1-13-2-7-17(18(12-13)27-26)21-24-19(14-3-5-16(22)6-4-14)20(25-21)15-8-10-23-11-9-15/h2-12,17H,1H3,(H,24,25). The molecule has 2 heterocycles. The zero-order valence-corrected chi connectivity index (χ0v) is 15.3. The summed E-state index contributed by atoms with van der Waals surface area (Å²) in [7, 11) is 0. The van der Waals surface area contributed by atoms with Gasteiger partial charge in [-0.05, 0) is 49.4 Å². The molecule has 1 aliphatic rings. The number of hydrogen-bond donors (Lipinski definition) is 1. The summed E-state index contributed by atoms with van der Waals surface area (Å²) in [5.41, 5.74) is 4.28. The molecule has 1 atom stereocenters. The lowest BCUT2D eigenvalue weighted by molar-refractivity contribution is 0.628. The van der Waals surface area contributed by atoms with Crippen LogP contribution in [0.2, 0.25) is 0 Å². The molecule has 1 aromatic carbocycles. The van der Waals surface area contributed by atoms with Crippen molar-refractivity contribution in [1.29, 1.82) is 0 Å². The molecule has 1 unspecified atom stereocenters. The van der Waals surface area contributed by atoms with Crippen LogP contribution in [0.25, 0.3) is 22.5 Å². The van der Waals surface area contributed by atoms with Crippen LogP contribution in [0, 0.1) is 5.82 Å². The number of allylic oxidation sites excluding steroid dienone is 4. The molecule has 1 N–H and O–H groups in total. The summed E-state index contributed by atoms with van der Waals surface area (Å²) >= 11 is 0.481. The van der Waals surface area contributed by atoms with Crippen LogP contribution in [0.15, 0.2) is 72.6 Å². The van der Waals surface area contributed by atoms with Crippen molar-refractivity contribution in [3.63, 3.8) is 0 Å². The lowest BCUT2D eigenvalue weighted by atomic mass is 9.96. The Balaban J connectivity index is 1.87. The van der Waals surface area contributed by atoms with E-state index in [1.54, 1.807) is 24.5 Å². The monoisotopic (exact) mass is 377 g/mol. The molecule has 0 bridgehead atoms. The van der Waals surface area contributed by atoms with Crippen molar-refractivity contribution in [2.45, 2.75) is 12.8 Å². The van der Waals surface area contributed by atoms with Gasteiger partial charge in [-0.3, -0.25) is 4.98 Å². The van der Waals surface area contributed by atoms with Crippen molar-refractivity contribution in [3.05, 3.63) is 84.2 Å². The predicted molar refractivity (Wildman–Crippen MR) is 106 cm³/mol. The molecule has 0 saturated heterocycles. The highest BCUT2D eigenvalue weighted by molar-refractivity contribution is 7.67. The number of nitrogens with zero attached hydrogens (tertiary/aromatic N) is 2. The summed E-state index contributed by atoms with van der Waals surface area (Å²) in [5, 5.41) is 0. The van der Waals surface area contributed by atoms with E-state index in [0.29, 0.717) is 27.6 Å². The fourth-order valence-electron chi connectivity index (χ4n) is 3.09. The van der Waals surface area contributed by atoms with Crippen molar-refractivity contribution in [1.82, 2.24) is 15.0 Å². The molecule has 0 amide bonds. The van der Waals surface area contributed by atoms with Crippen molar-refractivity contribution >= 4 is 16.1 Å². The first-order valence-corrected chi connectivity index (χ1v) is 9.19. The normalized spacial score (nSPS) is 16.3. The molecule has 0 spiro atoms. The number of benzene rings is 1. The van der Waals surface area contributed by atoms with Gasteiger partial charge >= 0.3 is 0 Å². The van der Waals surface area contributed by atoms with Crippen LogP contribution in [0.5, 0.6) is 0 Å². The number of hydrogen-bond acceptors (Lipinski definition) is 3. The fraction of sp³-hybridized carbons (Fsp3) is 0.0952. The molecule has 0 aliphatic heterocycles. The fourth-order valence-corrected chi connectivity index (χ4v) is 3.62. The summed E-state index contributed by atoms with van der Waals surface area (Å²) in [6.07, 6.45) is 9.26. The van der Waals surface area contributed by atoms with Gasteiger partial charge in [0.1, 0.15) is 11.6 Å². The maximum Gasteiger partial charge on any atom is 0.123 e. The minimum atomic E-state index is -0.297. The van der Waals surface area contributed by atoms with Crippen LogP contribution in [0.4, 0.5) is 4.39 Å². The number of rotatable bonds is 3. The number of aromatic nitrogens is 3. The van der Waals surface area contributed by atoms with E-state index < -0.39 is 0 Å². The van der Waals surface area contributed by atoms with Gasteiger partial charge in [-0.2, -0.15) is 0 Å². The summed E-state index contributed by atoms with van der Waals surface area (Å²) in [6.45, 7) is 1.96. The Morgan fingerprint density at radius 3 is 2.52 bits per heavy atom. The van der Waals surface area contributed by atoms with Gasteiger partial charge < -0.3 is 4.98 Å². The van der Waals surface area contributed by atoms with E-state index in [9.17, 15) is 8.60 Å². The molecule has 4 rings (SSSR count). The van der Waals surface area contributed by atoms with Crippen molar-refractivity contribution in [2.24, 2.45) is 0 Å². The lowest BCUT2D eigenvalue weighted by Gasteiger charge is -2.13. The van der Waals surface area contributed by atoms with Gasteiger partial charge in [0.2, 0.25) is 0 Å². The van der Waals surface area contributed by atoms with Crippen molar-refractivity contribution in [3.8, 4) is 22.5 Å². The Labute approximate surface area is 159 Å². The average molecular weight is 377 g/mol. The number of aromatic amines is 1. The first kappa shape index (κ1) is 17.3.